The van der Waals surface area contributed by atoms with Crippen molar-refractivity contribution in [2.24, 2.45) is 0 Å². The van der Waals surface area contributed by atoms with E-state index in [1.165, 1.54) is 18.1 Å². The minimum absolute atomic E-state index is 0.0192. The normalized spacial score (nSPS) is 20.2. The highest BCUT2D eigenvalue weighted by Gasteiger charge is 2.30. The van der Waals surface area contributed by atoms with Crippen LogP contribution in [0.5, 0.6) is 0 Å². The molecule has 1 atom stereocenters. The number of hydrogen-bond acceptors (Lipinski definition) is 5. The van der Waals surface area contributed by atoms with Gasteiger partial charge in [0.25, 0.3) is 0 Å². The van der Waals surface area contributed by atoms with Crippen LogP contribution in [0.25, 0.3) is 0 Å². The lowest BCUT2D eigenvalue weighted by Crippen LogP contribution is -2.24. The number of methoxy groups -OCH3 is 1. The van der Waals surface area contributed by atoms with Crippen LogP contribution in [-0.2, 0) is 9.53 Å². The first-order valence-electron chi connectivity index (χ1n) is 4.74. The van der Waals surface area contributed by atoms with Crippen LogP contribution in [0.15, 0.2) is 6.07 Å². The summed E-state index contributed by atoms with van der Waals surface area (Å²) in [6, 6.07) is 1.50. The highest BCUT2D eigenvalue weighted by Crippen LogP contribution is 2.22. The lowest BCUT2D eigenvalue weighted by Gasteiger charge is -2.10. The van der Waals surface area contributed by atoms with Crippen LogP contribution in [0.4, 0.5) is 5.82 Å². The standard InChI is InChI=1S/C9H11N3O3S/c1-15-9(14)6-3-7(11-10-6)12-4-5(16)2-8(12)13/h3,5,16H,2,4H2,1H3,(H,10,11). The fourth-order valence-corrected chi connectivity index (χ4v) is 1.89. The number of H-pyrrole nitrogens is 1. The van der Waals surface area contributed by atoms with E-state index >= 15 is 0 Å². The molecule has 1 amide bonds. The van der Waals surface area contributed by atoms with Crippen LogP contribution >= 0.6 is 12.6 Å². The van der Waals surface area contributed by atoms with Crippen molar-refractivity contribution in [1.29, 1.82) is 0 Å². The van der Waals surface area contributed by atoms with Gasteiger partial charge in [0.15, 0.2) is 5.82 Å². The van der Waals surface area contributed by atoms with Crippen LogP contribution in [0.3, 0.4) is 0 Å². The molecule has 1 saturated heterocycles. The number of thiol groups is 1. The number of aromatic amines is 1. The highest BCUT2D eigenvalue weighted by atomic mass is 32.1. The van der Waals surface area contributed by atoms with E-state index in [0.717, 1.165) is 0 Å². The van der Waals surface area contributed by atoms with Gasteiger partial charge in [0.05, 0.1) is 7.11 Å². The van der Waals surface area contributed by atoms with Gasteiger partial charge in [-0.25, -0.2) is 4.79 Å². The Balaban J connectivity index is 2.19. The van der Waals surface area contributed by atoms with Gasteiger partial charge < -0.3 is 4.74 Å². The number of rotatable bonds is 2. The van der Waals surface area contributed by atoms with Crippen LogP contribution in [0, 0.1) is 0 Å². The first-order chi connectivity index (χ1) is 7.61. The molecule has 0 aromatic carbocycles. The number of carbonyl (C=O) groups excluding carboxylic acids is 2. The molecule has 6 nitrogen and oxygen atoms in total. The highest BCUT2D eigenvalue weighted by molar-refractivity contribution is 7.81. The van der Waals surface area contributed by atoms with Gasteiger partial charge in [-0.15, -0.1) is 0 Å². The molecular formula is C9H11N3O3S. The number of aromatic nitrogens is 2. The van der Waals surface area contributed by atoms with Crippen molar-refractivity contribution >= 4 is 30.3 Å². The van der Waals surface area contributed by atoms with Crippen molar-refractivity contribution in [2.75, 3.05) is 18.6 Å². The fourth-order valence-electron chi connectivity index (χ4n) is 1.57. The number of anilines is 1. The van der Waals surface area contributed by atoms with Gasteiger partial charge in [0, 0.05) is 24.3 Å². The molecule has 0 bridgehead atoms. The molecule has 0 radical (unpaired) electrons. The number of carbonyl (C=O) groups is 2. The lowest BCUT2D eigenvalue weighted by atomic mass is 10.4. The van der Waals surface area contributed by atoms with Gasteiger partial charge in [0.1, 0.15) is 5.69 Å². The fraction of sp³-hybridized carbons (Fsp3) is 0.444. The summed E-state index contributed by atoms with van der Waals surface area (Å²) >= 11 is 4.23. The maximum Gasteiger partial charge on any atom is 0.356 e. The molecule has 2 rings (SSSR count). The predicted octanol–water partition coefficient (Wildman–Crippen LogP) is 0.231. The van der Waals surface area contributed by atoms with E-state index in [-0.39, 0.29) is 16.9 Å². The van der Waals surface area contributed by atoms with Crippen molar-refractivity contribution < 1.29 is 14.3 Å². The predicted molar refractivity (Wildman–Crippen MR) is 59.7 cm³/mol. The van der Waals surface area contributed by atoms with Gasteiger partial charge in [0.2, 0.25) is 5.91 Å². The second kappa shape index (κ2) is 4.17. The molecule has 0 saturated carbocycles. The second-order valence-corrected chi connectivity index (χ2v) is 4.22. The Labute approximate surface area is 97.4 Å². The zero-order valence-corrected chi connectivity index (χ0v) is 9.53. The van der Waals surface area contributed by atoms with Crippen LogP contribution in [-0.4, -0.2) is 41.0 Å². The largest absolute Gasteiger partial charge is 0.464 e. The quantitative estimate of drug-likeness (QED) is 0.574. The summed E-state index contributed by atoms with van der Waals surface area (Å²) < 4.78 is 4.53. The molecule has 1 N–H and O–H groups in total. The zero-order valence-electron chi connectivity index (χ0n) is 8.64. The summed E-state index contributed by atoms with van der Waals surface area (Å²) in [4.78, 5) is 24.2. The molecule has 1 fully saturated rings. The number of nitrogens with zero attached hydrogens (tertiary/aromatic N) is 2. The summed E-state index contributed by atoms with van der Waals surface area (Å²) in [7, 11) is 1.29. The van der Waals surface area contributed by atoms with Crippen LogP contribution in [0.2, 0.25) is 0 Å². The average molecular weight is 241 g/mol. The first kappa shape index (κ1) is 11.0. The summed E-state index contributed by atoms with van der Waals surface area (Å²) in [5, 5.41) is 6.44. The van der Waals surface area contributed by atoms with Crippen molar-refractivity contribution in [2.45, 2.75) is 11.7 Å². The number of esters is 1. The van der Waals surface area contributed by atoms with E-state index in [1.807, 2.05) is 0 Å². The monoisotopic (exact) mass is 241 g/mol. The van der Waals surface area contributed by atoms with E-state index < -0.39 is 5.97 Å². The lowest BCUT2D eigenvalue weighted by molar-refractivity contribution is -0.117. The Kier molecular flexibility index (Phi) is 2.86. The molecule has 86 valence electrons. The molecule has 7 heteroatoms. The van der Waals surface area contributed by atoms with Gasteiger partial charge in [-0.3, -0.25) is 14.8 Å². The van der Waals surface area contributed by atoms with Gasteiger partial charge in [-0.1, -0.05) is 0 Å². The van der Waals surface area contributed by atoms with Crippen molar-refractivity contribution in [3.8, 4) is 0 Å². The zero-order chi connectivity index (χ0) is 11.7. The van der Waals surface area contributed by atoms with E-state index in [1.54, 1.807) is 0 Å². The van der Waals surface area contributed by atoms with Crippen molar-refractivity contribution in [3.63, 3.8) is 0 Å². The average Bonchev–Trinajstić information content (AvgIpc) is 2.83. The van der Waals surface area contributed by atoms with Crippen LogP contribution in [0.1, 0.15) is 16.9 Å². The molecule has 0 aliphatic carbocycles. The minimum atomic E-state index is -0.507. The minimum Gasteiger partial charge on any atom is -0.464 e. The number of hydrogen-bond donors (Lipinski definition) is 2. The third-order valence-corrected chi connectivity index (χ3v) is 2.70. The van der Waals surface area contributed by atoms with E-state index in [0.29, 0.717) is 18.8 Å². The molecule has 1 aromatic rings. The molecule has 1 unspecified atom stereocenters. The van der Waals surface area contributed by atoms with Crippen molar-refractivity contribution in [1.82, 2.24) is 10.2 Å². The molecular weight excluding hydrogens is 230 g/mol. The van der Waals surface area contributed by atoms with Gasteiger partial charge in [-0.05, 0) is 0 Å². The summed E-state index contributed by atoms with van der Waals surface area (Å²) in [6.07, 6.45) is 0.392. The Morgan fingerprint density at radius 3 is 3.06 bits per heavy atom. The number of nitrogens with one attached hydrogen (secondary N) is 1. The summed E-state index contributed by atoms with van der Waals surface area (Å²) in [5.41, 5.74) is 0.230. The summed E-state index contributed by atoms with van der Waals surface area (Å²) in [5.74, 6) is -0.113. The Morgan fingerprint density at radius 2 is 2.50 bits per heavy atom. The smallest absolute Gasteiger partial charge is 0.356 e. The molecule has 2 heterocycles. The Bertz CT molecular complexity index is 431. The molecule has 1 aromatic heterocycles. The first-order valence-corrected chi connectivity index (χ1v) is 5.25. The van der Waals surface area contributed by atoms with E-state index in [4.69, 9.17) is 0 Å². The Hall–Kier alpha value is -1.50. The molecule has 0 spiro atoms. The van der Waals surface area contributed by atoms with Crippen LogP contribution < -0.4 is 4.90 Å². The van der Waals surface area contributed by atoms with Gasteiger partial charge >= 0.3 is 5.97 Å². The Morgan fingerprint density at radius 1 is 1.75 bits per heavy atom. The third kappa shape index (κ3) is 1.90. The summed E-state index contributed by atoms with van der Waals surface area (Å²) in [6.45, 7) is 0.507. The van der Waals surface area contributed by atoms with E-state index in [2.05, 4.69) is 27.6 Å². The maximum atomic E-state index is 11.5. The molecule has 1 aliphatic heterocycles. The maximum absolute atomic E-state index is 11.5. The second-order valence-electron chi connectivity index (χ2n) is 3.49. The third-order valence-electron chi connectivity index (χ3n) is 2.35. The molecule has 16 heavy (non-hydrogen) atoms. The van der Waals surface area contributed by atoms with E-state index in [9.17, 15) is 9.59 Å². The number of ether oxygens (including phenoxy) is 1. The van der Waals surface area contributed by atoms with Gasteiger partial charge in [-0.2, -0.15) is 17.7 Å². The molecule has 1 aliphatic rings. The number of amides is 1. The van der Waals surface area contributed by atoms with Crippen molar-refractivity contribution in [3.05, 3.63) is 11.8 Å². The topological polar surface area (TPSA) is 75.3 Å². The SMILES string of the molecule is COC(=O)c1cc(N2CC(S)CC2=O)n[nH]1.